The third-order valence-corrected chi connectivity index (χ3v) is 6.90. The summed E-state index contributed by atoms with van der Waals surface area (Å²) >= 11 is 0. The van der Waals surface area contributed by atoms with Crippen molar-refractivity contribution >= 4 is 18.5 Å². The maximum atomic E-state index is 9.51. The number of nitrogens with zero attached hydrogens (tertiary/aromatic N) is 5. The predicted molar refractivity (Wildman–Crippen MR) is 162 cm³/mol. The van der Waals surface area contributed by atoms with Crippen LogP contribution >= 0.6 is 0 Å². The first-order chi connectivity index (χ1) is 19.7. The van der Waals surface area contributed by atoms with Gasteiger partial charge in [0.2, 0.25) is 11.8 Å². The summed E-state index contributed by atoms with van der Waals surface area (Å²) in [5, 5.41) is 12.7. The molecule has 3 rings (SSSR count). The van der Waals surface area contributed by atoms with Crippen LogP contribution in [-0.2, 0) is 9.47 Å². The van der Waals surface area contributed by atoms with E-state index in [0.29, 0.717) is 42.5 Å². The van der Waals surface area contributed by atoms with Gasteiger partial charge in [-0.3, -0.25) is 9.98 Å². The lowest BCUT2D eigenvalue weighted by molar-refractivity contribution is -0.00162. The number of hydrogen-bond donors (Lipinski definition) is 3. The van der Waals surface area contributed by atoms with Crippen LogP contribution in [0.2, 0.25) is 0 Å². The predicted octanol–water partition coefficient (Wildman–Crippen LogP) is 4.54. The highest BCUT2D eigenvalue weighted by atomic mass is 16.5. The van der Waals surface area contributed by atoms with Gasteiger partial charge < -0.3 is 31.0 Å². The number of aromatic nitrogens is 2. The van der Waals surface area contributed by atoms with Gasteiger partial charge in [-0.15, -0.1) is 0 Å². The van der Waals surface area contributed by atoms with Crippen LogP contribution in [0.15, 0.2) is 52.2 Å². The molecule has 5 N–H and O–H groups in total. The molecule has 11 nitrogen and oxygen atoms in total. The Morgan fingerprint density at radius 1 is 1.22 bits per heavy atom. The summed E-state index contributed by atoms with van der Waals surface area (Å²) in [4.78, 5) is 17.7. The number of nitrogens with one attached hydrogen (secondary N) is 1. The fourth-order valence-corrected chi connectivity index (χ4v) is 4.17. The van der Waals surface area contributed by atoms with E-state index < -0.39 is 0 Å². The first kappa shape index (κ1) is 31.4. The van der Waals surface area contributed by atoms with Gasteiger partial charge in [-0.2, -0.15) is 5.26 Å². The Hall–Kier alpha value is -4.17. The summed E-state index contributed by atoms with van der Waals surface area (Å²) in [5.74, 6) is 1.02. The smallest absolute Gasteiger partial charge is 0.227 e. The van der Waals surface area contributed by atoms with E-state index in [1.165, 1.54) is 25.6 Å². The summed E-state index contributed by atoms with van der Waals surface area (Å²) in [6, 6.07) is 7.76. The molecule has 1 saturated carbocycles. The van der Waals surface area contributed by atoms with Crippen molar-refractivity contribution in [2.45, 2.75) is 77.0 Å². The van der Waals surface area contributed by atoms with Crippen LogP contribution < -0.4 is 21.5 Å². The summed E-state index contributed by atoms with van der Waals surface area (Å²) in [6.07, 6.45) is 12.5. The van der Waals surface area contributed by atoms with Gasteiger partial charge in [0.05, 0.1) is 42.9 Å². The number of methoxy groups -OCH3 is 1. The Bertz CT molecular complexity index is 1250. The van der Waals surface area contributed by atoms with Crippen molar-refractivity contribution in [1.82, 2.24) is 9.97 Å². The van der Waals surface area contributed by atoms with E-state index in [0.717, 1.165) is 24.0 Å². The van der Waals surface area contributed by atoms with Gasteiger partial charge in [0.15, 0.2) is 0 Å². The van der Waals surface area contributed by atoms with Crippen LogP contribution in [0, 0.1) is 11.3 Å². The Kier molecular flexibility index (Phi) is 11.9. The maximum Gasteiger partial charge on any atom is 0.227 e. The van der Waals surface area contributed by atoms with Gasteiger partial charge in [-0.05, 0) is 51.3 Å². The highest BCUT2D eigenvalue weighted by molar-refractivity contribution is 5.83. The summed E-state index contributed by atoms with van der Waals surface area (Å²) < 4.78 is 17.3. The molecule has 0 saturated heterocycles. The van der Waals surface area contributed by atoms with Gasteiger partial charge in [0.25, 0.3) is 0 Å². The minimum atomic E-state index is -0.324. The molecule has 0 radical (unpaired) electrons. The van der Waals surface area contributed by atoms with Crippen molar-refractivity contribution in [3.8, 4) is 22.9 Å². The van der Waals surface area contributed by atoms with E-state index >= 15 is 0 Å². The molecule has 0 unspecified atom stereocenters. The number of allylic oxidation sites excluding steroid dienone is 1. The van der Waals surface area contributed by atoms with Crippen molar-refractivity contribution in [3.63, 3.8) is 0 Å². The van der Waals surface area contributed by atoms with Crippen LogP contribution in [0.25, 0.3) is 11.1 Å². The van der Waals surface area contributed by atoms with Crippen LogP contribution in [0.4, 0.5) is 5.95 Å². The summed E-state index contributed by atoms with van der Waals surface area (Å²) in [5.41, 5.74) is 13.8. The number of nitrogens with two attached hydrogens (primary N) is 2. The number of rotatable bonds is 14. The molecule has 1 atom stereocenters. The Morgan fingerprint density at radius 3 is 2.61 bits per heavy atom. The monoisotopic (exact) mass is 562 g/mol. The number of anilines is 1. The van der Waals surface area contributed by atoms with Crippen molar-refractivity contribution in [1.29, 1.82) is 5.26 Å². The molecule has 41 heavy (non-hydrogen) atoms. The van der Waals surface area contributed by atoms with Crippen LogP contribution in [0.3, 0.4) is 0 Å². The second kappa shape index (κ2) is 15.6. The highest BCUT2D eigenvalue weighted by Gasteiger charge is 2.17. The van der Waals surface area contributed by atoms with Crippen LogP contribution in [0.5, 0.6) is 5.75 Å². The fourth-order valence-electron chi connectivity index (χ4n) is 4.17. The molecule has 220 valence electrons. The molecule has 0 spiro atoms. The molecule has 1 fully saturated rings. The first-order valence-corrected chi connectivity index (χ1v) is 14.0. The van der Waals surface area contributed by atoms with Crippen molar-refractivity contribution in [3.05, 3.63) is 47.7 Å². The van der Waals surface area contributed by atoms with Crippen molar-refractivity contribution < 1.29 is 14.2 Å². The summed E-state index contributed by atoms with van der Waals surface area (Å²) in [6.45, 7) is 6.62. The Morgan fingerprint density at radius 2 is 1.95 bits per heavy atom. The highest BCUT2D eigenvalue weighted by Crippen LogP contribution is 2.28. The molecular formula is C30H42N8O3. The Labute approximate surface area is 242 Å². The fraction of sp³-hybridized carbons (Fsp3) is 0.500. The largest absolute Gasteiger partial charge is 0.487 e. The topological polar surface area (TPSA) is 166 Å². The van der Waals surface area contributed by atoms with Gasteiger partial charge in [0, 0.05) is 31.5 Å². The van der Waals surface area contributed by atoms with E-state index in [1.807, 2.05) is 26.8 Å². The van der Waals surface area contributed by atoms with Crippen molar-refractivity contribution in [2.24, 2.45) is 21.5 Å². The van der Waals surface area contributed by atoms with Crippen LogP contribution in [0.1, 0.15) is 64.9 Å². The lowest BCUT2D eigenvalue weighted by atomic mass is 9.96. The molecule has 2 aromatic rings. The quantitative estimate of drug-likeness (QED) is 0.170. The molecule has 0 amide bonds. The second-order valence-electron chi connectivity index (χ2n) is 10.6. The molecule has 1 aromatic heterocycles. The molecule has 1 aliphatic rings. The Balaban J connectivity index is 1.78. The number of benzene rings is 1. The minimum absolute atomic E-state index is 0.214. The first-order valence-electron chi connectivity index (χ1n) is 14.0. The van der Waals surface area contributed by atoms with E-state index in [1.54, 1.807) is 37.9 Å². The number of ether oxygens (including phenoxy) is 3. The van der Waals surface area contributed by atoms with Gasteiger partial charge in [0.1, 0.15) is 23.6 Å². The lowest BCUT2D eigenvalue weighted by Crippen LogP contribution is -2.25. The number of nitriles is 1. The molecule has 0 aliphatic heterocycles. The van der Waals surface area contributed by atoms with Crippen LogP contribution in [-0.4, -0.2) is 60.5 Å². The van der Waals surface area contributed by atoms with Gasteiger partial charge in [-0.25, -0.2) is 9.97 Å². The zero-order chi connectivity index (χ0) is 29.7. The third kappa shape index (κ3) is 10.1. The minimum Gasteiger partial charge on any atom is -0.487 e. The molecule has 1 aromatic carbocycles. The molecule has 0 bridgehead atoms. The zero-order valence-corrected chi connectivity index (χ0v) is 24.5. The SMILES string of the molecule is COC(C)(C)CCO/C(N)=C(/C=NC1CCCCC1)Nc1ncc(-c2ccc(C#N)c(O[C@@H](C)CN=CN)c2)cn1. The van der Waals surface area contributed by atoms with Gasteiger partial charge >= 0.3 is 0 Å². The maximum absolute atomic E-state index is 9.51. The molecule has 1 heterocycles. The number of aliphatic imine (C=N–C) groups is 2. The zero-order valence-electron chi connectivity index (χ0n) is 24.5. The number of hydrogen-bond acceptors (Lipinski definition) is 10. The van der Waals surface area contributed by atoms with E-state index in [-0.39, 0.29) is 23.6 Å². The molecular weight excluding hydrogens is 520 g/mol. The normalized spacial score (nSPS) is 15.9. The average Bonchev–Trinajstić information content (AvgIpc) is 2.98. The molecule has 1 aliphatic carbocycles. The van der Waals surface area contributed by atoms with E-state index in [2.05, 4.69) is 26.3 Å². The van der Waals surface area contributed by atoms with E-state index in [9.17, 15) is 5.26 Å². The third-order valence-electron chi connectivity index (χ3n) is 6.90. The second-order valence-corrected chi connectivity index (χ2v) is 10.6. The van der Waals surface area contributed by atoms with Crippen molar-refractivity contribution in [2.75, 3.05) is 25.6 Å². The lowest BCUT2D eigenvalue weighted by Gasteiger charge is -2.23. The summed E-state index contributed by atoms with van der Waals surface area (Å²) in [7, 11) is 1.68. The standard InChI is InChI=1S/C30H42N8O3/c1-21(16-34-20-32)41-27-14-22(10-11-23(27)15-31)24-17-36-29(37-18-24)38-26(19-35-25-8-6-5-7-9-25)28(33)40-13-12-30(2,3)39-4/h10-11,14,17-21,25H,5-9,12-13,16,33H2,1-4H3,(H2,32,34)(H,36,37,38)/b28-26-,35-19?/t21-/m0/s1. The van der Waals surface area contributed by atoms with E-state index in [4.69, 9.17) is 30.7 Å². The average molecular weight is 563 g/mol. The van der Waals surface area contributed by atoms with Gasteiger partial charge in [-0.1, -0.05) is 25.3 Å². The molecule has 11 heteroatoms.